The summed E-state index contributed by atoms with van der Waals surface area (Å²) < 4.78 is 6.23. The van der Waals surface area contributed by atoms with Crippen LogP contribution in [-0.2, 0) is 16.1 Å². The summed E-state index contributed by atoms with van der Waals surface area (Å²) in [5.74, 6) is 4.19. The van der Waals surface area contributed by atoms with Crippen LogP contribution in [0, 0.1) is 11.8 Å². The molecule has 3 aromatic heterocycles. The average molecular weight is 540 g/mol. The second-order valence-corrected chi connectivity index (χ2v) is 9.63. The largest absolute Gasteiger partial charge is 0.480 e. The summed E-state index contributed by atoms with van der Waals surface area (Å²) in [6, 6.07) is 13.3. The molecule has 1 aromatic carbocycles. The monoisotopic (exact) mass is 539 g/mol. The Morgan fingerprint density at radius 1 is 1.00 bits per heavy atom. The van der Waals surface area contributed by atoms with Crippen molar-refractivity contribution in [2.24, 2.45) is 0 Å². The van der Waals surface area contributed by atoms with Gasteiger partial charge < -0.3 is 14.4 Å². The number of amides is 2. The van der Waals surface area contributed by atoms with Gasteiger partial charge >= 0.3 is 12.1 Å². The van der Waals surface area contributed by atoms with Crippen molar-refractivity contribution in [1.29, 1.82) is 0 Å². The zero-order valence-corrected chi connectivity index (χ0v) is 21.9. The summed E-state index contributed by atoms with van der Waals surface area (Å²) in [6.07, 6.45) is 3.68. The van der Waals surface area contributed by atoms with Gasteiger partial charge in [-0.05, 0) is 51.1 Å². The number of ether oxygens (including phenoxy) is 1. The van der Waals surface area contributed by atoms with E-state index in [1.54, 1.807) is 69.4 Å². The van der Waals surface area contributed by atoms with Gasteiger partial charge in [0.1, 0.15) is 12.1 Å². The van der Waals surface area contributed by atoms with Crippen molar-refractivity contribution in [2.45, 2.75) is 32.9 Å². The normalized spacial score (nSPS) is 10.8. The zero-order chi connectivity index (χ0) is 28.9. The SMILES string of the molecule is CC(C)(C)OC(=O)NNC(=O)c1cc(-c2ccc(C#Cc3ccn(CC(=O)O)c(=O)c3)cc2)nc2ccncc12. The molecule has 0 bridgehead atoms. The molecule has 0 saturated carbocycles. The maximum atomic E-state index is 13.0. The molecule has 2 amide bonds. The molecule has 0 aliphatic rings. The quantitative estimate of drug-likeness (QED) is 0.264. The number of hydrogen-bond acceptors (Lipinski definition) is 7. The smallest absolute Gasteiger partial charge is 0.426 e. The van der Waals surface area contributed by atoms with Crippen LogP contribution in [0.15, 0.2) is 71.9 Å². The Kier molecular flexibility index (Phi) is 7.91. The molecule has 0 aliphatic carbocycles. The molecule has 202 valence electrons. The molecule has 4 rings (SSSR count). The Morgan fingerprint density at radius 3 is 2.40 bits per heavy atom. The summed E-state index contributed by atoms with van der Waals surface area (Å²) in [5.41, 5.74) is 6.58. The highest BCUT2D eigenvalue weighted by molar-refractivity contribution is 6.07. The number of nitrogens with one attached hydrogen (secondary N) is 2. The molecule has 11 nitrogen and oxygen atoms in total. The van der Waals surface area contributed by atoms with E-state index in [4.69, 9.17) is 9.84 Å². The Morgan fingerprint density at radius 2 is 1.73 bits per heavy atom. The molecule has 0 atom stereocenters. The molecular weight excluding hydrogens is 514 g/mol. The number of carbonyl (C=O) groups excluding carboxylic acids is 2. The molecule has 4 aromatic rings. The van der Waals surface area contributed by atoms with Gasteiger partial charge in [-0.3, -0.25) is 24.8 Å². The van der Waals surface area contributed by atoms with E-state index in [1.165, 1.54) is 18.5 Å². The maximum Gasteiger partial charge on any atom is 0.426 e. The van der Waals surface area contributed by atoms with Gasteiger partial charge in [-0.2, -0.15) is 0 Å². The van der Waals surface area contributed by atoms with E-state index in [-0.39, 0.29) is 5.56 Å². The molecule has 0 unspecified atom stereocenters. The van der Waals surface area contributed by atoms with Gasteiger partial charge in [0.05, 0.1) is 16.8 Å². The number of carboxylic acids is 1. The Balaban J connectivity index is 1.56. The molecule has 3 N–H and O–H groups in total. The van der Waals surface area contributed by atoms with Gasteiger partial charge in [0, 0.05) is 46.7 Å². The van der Waals surface area contributed by atoms with E-state index in [1.807, 2.05) is 0 Å². The van der Waals surface area contributed by atoms with Crippen LogP contribution >= 0.6 is 0 Å². The minimum Gasteiger partial charge on any atom is -0.480 e. The van der Waals surface area contributed by atoms with Crippen molar-refractivity contribution in [3.8, 4) is 23.1 Å². The number of nitrogens with zero attached hydrogens (tertiary/aromatic N) is 3. The van der Waals surface area contributed by atoms with E-state index >= 15 is 0 Å². The first kappa shape index (κ1) is 27.5. The maximum absolute atomic E-state index is 13.0. The highest BCUT2D eigenvalue weighted by Crippen LogP contribution is 2.24. The third-order valence-electron chi connectivity index (χ3n) is 5.37. The summed E-state index contributed by atoms with van der Waals surface area (Å²) in [4.78, 5) is 56.6. The fraction of sp³-hybridized carbons (Fsp3) is 0.172. The molecule has 0 spiro atoms. The number of carboxylic acid groups (broad SMARTS) is 1. The van der Waals surface area contributed by atoms with Crippen molar-refractivity contribution in [2.75, 3.05) is 0 Å². The number of fused-ring (bicyclic) bond motifs is 1. The van der Waals surface area contributed by atoms with Gasteiger partial charge in [0.15, 0.2) is 0 Å². The molecule has 0 saturated heterocycles. The van der Waals surface area contributed by atoms with Crippen molar-refractivity contribution in [3.05, 3.63) is 94.2 Å². The van der Waals surface area contributed by atoms with Crippen molar-refractivity contribution in [3.63, 3.8) is 0 Å². The number of rotatable bonds is 4. The standard InChI is InChI=1S/C29H25N5O6/c1-29(2,3)40-28(39)33-32-27(38)21-15-24(31-23-10-12-30-16-22(21)23)20-8-6-18(7-9-20)4-5-19-11-13-34(17-26(36)37)25(35)14-19/h6-16H,17H2,1-3H3,(H,32,38)(H,33,39)(H,36,37). The van der Waals surface area contributed by atoms with E-state index in [0.29, 0.717) is 27.7 Å². The molecule has 0 fully saturated rings. The molecule has 0 radical (unpaired) electrons. The first-order valence-electron chi connectivity index (χ1n) is 12.1. The summed E-state index contributed by atoms with van der Waals surface area (Å²) in [6.45, 7) is 4.71. The lowest BCUT2D eigenvalue weighted by Gasteiger charge is -2.19. The lowest BCUT2D eigenvalue weighted by atomic mass is 10.0. The summed E-state index contributed by atoms with van der Waals surface area (Å²) in [5, 5.41) is 9.36. The number of carbonyl (C=O) groups is 3. The van der Waals surface area contributed by atoms with Gasteiger partial charge in [-0.15, -0.1) is 0 Å². The number of aliphatic carboxylic acids is 1. The van der Waals surface area contributed by atoms with Crippen LogP contribution in [0.2, 0.25) is 0 Å². The molecule has 0 aliphatic heterocycles. The van der Waals surface area contributed by atoms with Crippen LogP contribution in [0.1, 0.15) is 42.3 Å². The van der Waals surface area contributed by atoms with E-state index in [2.05, 4.69) is 32.7 Å². The van der Waals surface area contributed by atoms with Crippen LogP contribution in [0.25, 0.3) is 22.2 Å². The fourth-order valence-corrected chi connectivity index (χ4v) is 3.61. The fourth-order valence-electron chi connectivity index (χ4n) is 3.61. The minimum atomic E-state index is -1.11. The molecular formula is C29H25N5O6. The first-order valence-corrected chi connectivity index (χ1v) is 12.1. The van der Waals surface area contributed by atoms with Gasteiger partial charge in [0.25, 0.3) is 11.5 Å². The van der Waals surface area contributed by atoms with E-state index in [9.17, 15) is 19.2 Å². The second-order valence-electron chi connectivity index (χ2n) is 9.63. The van der Waals surface area contributed by atoms with Gasteiger partial charge in [-0.25, -0.2) is 15.2 Å². The average Bonchev–Trinajstić information content (AvgIpc) is 2.90. The van der Waals surface area contributed by atoms with Crippen LogP contribution in [0.5, 0.6) is 0 Å². The van der Waals surface area contributed by atoms with Crippen LogP contribution in [-0.4, -0.2) is 43.2 Å². The number of hydrazine groups is 1. The highest BCUT2D eigenvalue weighted by atomic mass is 16.6. The topological polar surface area (TPSA) is 153 Å². The summed E-state index contributed by atoms with van der Waals surface area (Å²) in [7, 11) is 0. The molecule has 11 heteroatoms. The van der Waals surface area contributed by atoms with Gasteiger partial charge in [-0.1, -0.05) is 24.0 Å². The molecule has 3 heterocycles. The number of aromatic nitrogens is 3. The molecule has 40 heavy (non-hydrogen) atoms. The van der Waals surface area contributed by atoms with Gasteiger partial charge in [0.2, 0.25) is 0 Å². The minimum absolute atomic E-state index is 0.255. The van der Waals surface area contributed by atoms with Crippen molar-refractivity contribution in [1.82, 2.24) is 25.4 Å². The third-order valence-corrected chi connectivity index (χ3v) is 5.37. The number of pyridine rings is 3. The lowest BCUT2D eigenvalue weighted by molar-refractivity contribution is -0.137. The lowest BCUT2D eigenvalue weighted by Crippen LogP contribution is -2.44. The second kappa shape index (κ2) is 11.5. The predicted molar refractivity (Wildman–Crippen MR) is 146 cm³/mol. The van der Waals surface area contributed by atoms with Crippen LogP contribution < -0.4 is 16.4 Å². The van der Waals surface area contributed by atoms with Crippen LogP contribution in [0.4, 0.5) is 4.79 Å². The predicted octanol–water partition coefficient (Wildman–Crippen LogP) is 3.11. The first-order chi connectivity index (χ1) is 19.0. The van der Waals surface area contributed by atoms with E-state index in [0.717, 1.165) is 10.1 Å². The van der Waals surface area contributed by atoms with Crippen LogP contribution in [0.3, 0.4) is 0 Å². The Labute approximate surface area is 228 Å². The Hall–Kier alpha value is -5.50. The highest BCUT2D eigenvalue weighted by Gasteiger charge is 2.18. The third kappa shape index (κ3) is 7.08. The van der Waals surface area contributed by atoms with Crippen molar-refractivity contribution >= 4 is 28.9 Å². The number of benzene rings is 1. The van der Waals surface area contributed by atoms with E-state index < -0.39 is 35.7 Å². The zero-order valence-electron chi connectivity index (χ0n) is 21.9. The summed E-state index contributed by atoms with van der Waals surface area (Å²) >= 11 is 0. The van der Waals surface area contributed by atoms with Crippen molar-refractivity contribution < 1.29 is 24.2 Å². The number of hydrogen-bond donors (Lipinski definition) is 3. The Bertz CT molecular complexity index is 1730.